The molecule has 1 N–H and O–H groups in total. The monoisotopic (exact) mass is 331 g/mol. The summed E-state index contributed by atoms with van der Waals surface area (Å²) in [7, 11) is 6.60. The molecule has 0 heterocycles. The Bertz CT molecular complexity index is 672. The first-order valence-corrected chi connectivity index (χ1v) is 7.79. The average Bonchev–Trinajstić information content (AvgIpc) is 2.65. The lowest BCUT2D eigenvalue weighted by atomic mass is 10.1. The molecular formula is C19H25NO4. The van der Waals surface area contributed by atoms with Gasteiger partial charge in [0.05, 0.1) is 28.4 Å². The van der Waals surface area contributed by atoms with Gasteiger partial charge in [-0.15, -0.1) is 0 Å². The van der Waals surface area contributed by atoms with Gasteiger partial charge in [0.15, 0.2) is 11.5 Å². The molecule has 0 bridgehead atoms. The zero-order valence-electron chi connectivity index (χ0n) is 14.9. The van der Waals surface area contributed by atoms with Crippen LogP contribution in [0.25, 0.3) is 0 Å². The third-order valence-corrected chi connectivity index (χ3v) is 3.96. The number of rotatable bonds is 8. The molecule has 2 aromatic carbocycles. The standard InChI is InChI=1S/C19H25NO4/c1-13(16-11-15(21-2)7-9-17(16)22-3)20-12-14-6-8-18(23-4)19(10-14)24-5/h6-11,13,20H,12H2,1-5H3. The van der Waals surface area contributed by atoms with Gasteiger partial charge in [-0.05, 0) is 42.8 Å². The topological polar surface area (TPSA) is 49.0 Å². The van der Waals surface area contributed by atoms with E-state index in [9.17, 15) is 0 Å². The molecule has 24 heavy (non-hydrogen) atoms. The van der Waals surface area contributed by atoms with Gasteiger partial charge in [0.1, 0.15) is 11.5 Å². The van der Waals surface area contributed by atoms with Gasteiger partial charge in [-0.25, -0.2) is 0 Å². The Hall–Kier alpha value is -2.40. The molecule has 0 aliphatic heterocycles. The van der Waals surface area contributed by atoms with Crippen LogP contribution in [0.15, 0.2) is 36.4 Å². The van der Waals surface area contributed by atoms with E-state index in [0.717, 1.165) is 34.1 Å². The van der Waals surface area contributed by atoms with Crippen LogP contribution < -0.4 is 24.3 Å². The van der Waals surface area contributed by atoms with Gasteiger partial charge in [0.2, 0.25) is 0 Å². The first-order valence-electron chi connectivity index (χ1n) is 7.79. The Morgan fingerprint density at radius 2 is 1.46 bits per heavy atom. The molecule has 0 saturated heterocycles. The van der Waals surface area contributed by atoms with Gasteiger partial charge in [-0.1, -0.05) is 6.07 Å². The number of hydrogen-bond acceptors (Lipinski definition) is 5. The average molecular weight is 331 g/mol. The molecule has 0 aromatic heterocycles. The van der Waals surface area contributed by atoms with Gasteiger partial charge in [-0.2, -0.15) is 0 Å². The molecule has 0 radical (unpaired) electrons. The van der Waals surface area contributed by atoms with E-state index in [4.69, 9.17) is 18.9 Å². The smallest absolute Gasteiger partial charge is 0.161 e. The zero-order chi connectivity index (χ0) is 17.5. The molecule has 130 valence electrons. The lowest BCUT2D eigenvalue weighted by molar-refractivity contribution is 0.354. The number of methoxy groups -OCH3 is 4. The number of hydrogen-bond donors (Lipinski definition) is 1. The van der Waals surface area contributed by atoms with Crippen molar-refractivity contribution in [1.82, 2.24) is 5.32 Å². The van der Waals surface area contributed by atoms with Crippen molar-refractivity contribution in [3.05, 3.63) is 47.5 Å². The highest BCUT2D eigenvalue weighted by molar-refractivity contribution is 5.44. The van der Waals surface area contributed by atoms with Crippen molar-refractivity contribution in [2.75, 3.05) is 28.4 Å². The van der Waals surface area contributed by atoms with E-state index in [1.165, 1.54) is 0 Å². The van der Waals surface area contributed by atoms with Crippen molar-refractivity contribution >= 4 is 0 Å². The maximum absolute atomic E-state index is 5.45. The van der Waals surface area contributed by atoms with Gasteiger partial charge < -0.3 is 24.3 Å². The summed E-state index contributed by atoms with van der Waals surface area (Å²) < 4.78 is 21.4. The Kier molecular flexibility index (Phi) is 6.32. The molecule has 5 heteroatoms. The van der Waals surface area contributed by atoms with Crippen LogP contribution in [0.4, 0.5) is 0 Å². The molecule has 2 rings (SSSR count). The zero-order valence-corrected chi connectivity index (χ0v) is 14.9. The van der Waals surface area contributed by atoms with E-state index < -0.39 is 0 Å². The van der Waals surface area contributed by atoms with Gasteiger partial charge in [-0.3, -0.25) is 0 Å². The number of benzene rings is 2. The third-order valence-electron chi connectivity index (χ3n) is 3.96. The minimum absolute atomic E-state index is 0.100. The molecule has 0 aliphatic rings. The van der Waals surface area contributed by atoms with Gasteiger partial charge in [0, 0.05) is 18.2 Å². The lowest BCUT2D eigenvalue weighted by Gasteiger charge is -2.19. The fraction of sp³-hybridized carbons (Fsp3) is 0.368. The quantitative estimate of drug-likeness (QED) is 0.801. The van der Waals surface area contributed by atoms with Crippen LogP contribution in [-0.2, 0) is 6.54 Å². The van der Waals surface area contributed by atoms with Crippen molar-refractivity contribution < 1.29 is 18.9 Å². The Morgan fingerprint density at radius 3 is 2.08 bits per heavy atom. The van der Waals surface area contributed by atoms with Crippen LogP contribution in [0.2, 0.25) is 0 Å². The van der Waals surface area contributed by atoms with Crippen LogP contribution in [0.5, 0.6) is 23.0 Å². The summed E-state index contributed by atoms with van der Waals surface area (Å²) in [5.41, 5.74) is 2.17. The largest absolute Gasteiger partial charge is 0.497 e. The van der Waals surface area contributed by atoms with E-state index in [2.05, 4.69) is 12.2 Å². The summed E-state index contributed by atoms with van der Waals surface area (Å²) in [4.78, 5) is 0. The van der Waals surface area contributed by atoms with E-state index in [1.807, 2.05) is 36.4 Å². The highest BCUT2D eigenvalue weighted by atomic mass is 16.5. The third kappa shape index (κ3) is 4.11. The minimum atomic E-state index is 0.100. The summed E-state index contributed by atoms with van der Waals surface area (Å²) in [5, 5.41) is 3.50. The second-order valence-corrected chi connectivity index (χ2v) is 5.40. The fourth-order valence-corrected chi connectivity index (χ4v) is 2.55. The molecule has 0 aliphatic carbocycles. The highest BCUT2D eigenvalue weighted by Crippen LogP contribution is 2.30. The minimum Gasteiger partial charge on any atom is -0.497 e. The van der Waals surface area contributed by atoms with Crippen LogP contribution in [0.1, 0.15) is 24.1 Å². The molecular weight excluding hydrogens is 306 g/mol. The van der Waals surface area contributed by atoms with E-state index in [-0.39, 0.29) is 6.04 Å². The molecule has 0 saturated carbocycles. The molecule has 2 aromatic rings. The van der Waals surface area contributed by atoms with Crippen molar-refractivity contribution in [1.29, 1.82) is 0 Å². The normalized spacial score (nSPS) is 11.7. The predicted octanol–water partition coefficient (Wildman–Crippen LogP) is 3.57. The van der Waals surface area contributed by atoms with Crippen molar-refractivity contribution in [2.45, 2.75) is 19.5 Å². The summed E-state index contributed by atoms with van der Waals surface area (Å²) in [5.74, 6) is 3.10. The van der Waals surface area contributed by atoms with Crippen LogP contribution in [0, 0.1) is 0 Å². The van der Waals surface area contributed by atoms with Gasteiger partial charge in [0.25, 0.3) is 0 Å². The highest BCUT2D eigenvalue weighted by Gasteiger charge is 2.13. The Morgan fingerprint density at radius 1 is 0.792 bits per heavy atom. The fourth-order valence-electron chi connectivity index (χ4n) is 2.55. The SMILES string of the molecule is COc1ccc(OC)c(C(C)NCc2ccc(OC)c(OC)c2)c1. The Balaban J connectivity index is 2.12. The summed E-state index contributed by atoms with van der Waals surface area (Å²) in [6, 6.07) is 11.8. The molecule has 0 spiro atoms. The summed E-state index contributed by atoms with van der Waals surface area (Å²) in [6.45, 7) is 2.79. The summed E-state index contributed by atoms with van der Waals surface area (Å²) >= 11 is 0. The van der Waals surface area contributed by atoms with Gasteiger partial charge >= 0.3 is 0 Å². The molecule has 5 nitrogen and oxygen atoms in total. The first kappa shape index (κ1) is 17.9. The van der Waals surface area contributed by atoms with Crippen molar-refractivity contribution in [3.8, 4) is 23.0 Å². The van der Waals surface area contributed by atoms with Crippen LogP contribution in [-0.4, -0.2) is 28.4 Å². The molecule has 1 unspecified atom stereocenters. The van der Waals surface area contributed by atoms with E-state index in [1.54, 1.807) is 28.4 Å². The van der Waals surface area contributed by atoms with Crippen molar-refractivity contribution in [2.24, 2.45) is 0 Å². The first-order chi connectivity index (χ1) is 11.6. The predicted molar refractivity (Wildman–Crippen MR) is 94.3 cm³/mol. The van der Waals surface area contributed by atoms with Crippen LogP contribution in [0.3, 0.4) is 0 Å². The molecule has 1 atom stereocenters. The van der Waals surface area contributed by atoms with Crippen molar-refractivity contribution in [3.63, 3.8) is 0 Å². The molecule has 0 fully saturated rings. The maximum Gasteiger partial charge on any atom is 0.161 e. The maximum atomic E-state index is 5.45. The second kappa shape index (κ2) is 8.45. The number of nitrogens with one attached hydrogen (secondary N) is 1. The number of ether oxygens (including phenoxy) is 4. The second-order valence-electron chi connectivity index (χ2n) is 5.40. The van der Waals surface area contributed by atoms with Crippen LogP contribution >= 0.6 is 0 Å². The Labute approximate surface area is 143 Å². The summed E-state index contributed by atoms with van der Waals surface area (Å²) in [6.07, 6.45) is 0. The van der Waals surface area contributed by atoms with E-state index in [0.29, 0.717) is 6.54 Å². The molecule has 0 amide bonds. The lowest BCUT2D eigenvalue weighted by Crippen LogP contribution is -2.18. The van der Waals surface area contributed by atoms with E-state index >= 15 is 0 Å².